The van der Waals surface area contributed by atoms with E-state index >= 15 is 0 Å². The lowest BCUT2D eigenvalue weighted by Gasteiger charge is -2.41. The van der Waals surface area contributed by atoms with E-state index in [4.69, 9.17) is 26.4 Å². The molecule has 0 unspecified atom stereocenters. The van der Waals surface area contributed by atoms with E-state index in [1.54, 1.807) is 0 Å². The van der Waals surface area contributed by atoms with E-state index in [0.29, 0.717) is 0 Å². The van der Waals surface area contributed by atoms with Crippen LogP contribution in [0.25, 0.3) is 0 Å². The third kappa shape index (κ3) is 4.70. The highest BCUT2D eigenvalue weighted by Crippen LogP contribution is 2.26. The molecule has 0 spiro atoms. The van der Waals surface area contributed by atoms with Crippen molar-refractivity contribution in [3.8, 4) is 0 Å². The lowest BCUT2D eigenvalue weighted by atomic mass is 9.98. The number of hydrogen-bond acceptors (Lipinski definition) is 10. The van der Waals surface area contributed by atoms with Crippen LogP contribution < -0.4 is 0 Å². The van der Waals surface area contributed by atoms with E-state index in [2.05, 4.69) is 4.74 Å². The summed E-state index contributed by atoms with van der Waals surface area (Å²) in [7, 11) is 0. The molecular weight excluding hydrogens is 320 g/mol. The molecule has 0 amide bonds. The van der Waals surface area contributed by atoms with Crippen LogP contribution in [0.4, 0.5) is 0 Å². The number of esters is 3. The molecule has 1 saturated heterocycles. The number of carbonyl (C=O) groups is 3. The second-order valence-electron chi connectivity index (χ2n) is 4.50. The van der Waals surface area contributed by atoms with E-state index in [1.165, 1.54) is 0 Å². The highest BCUT2D eigenvalue weighted by Gasteiger charge is 2.51. The standard InChI is InChI=1S/C12H16O9S/c1-4(13)18-8-7(16)11(17)21-10(9(8)19-5(2)14)12(22)20-6(3)15/h7-11,16-17H,1-3H3/t7-,8-,9+,10+,11-/m1/s1. The van der Waals surface area contributed by atoms with Gasteiger partial charge in [-0.15, -0.1) is 0 Å². The summed E-state index contributed by atoms with van der Waals surface area (Å²) in [6.45, 7) is 3.23. The Bertz CT molecular complexity index is 477. The Kier molecular flexibility index (Phi) is 6.35. The smallest absolute Gasteiger partial charge is 0.308 e. The molecule has 0 aromatic rings. The molecule has 0 aromatic carbocycles. The first kappa shape index (κ1) is 18.4. The van der Waals surface area contributed by atoms with Crippen LogP contribution in [0.15, 0.2) is 0 Å². The minimum Gasteiger partial charge on any atom is -0.455 e. The van der Waals surface area contributed by atoms with Gasteiger partial charge in [0, 0.05) is 20.8 Å². The normalized spacial score (nSPS) is 31.0. The first-order valence-corrected chi connectivity index (χ1v) is 6.62. The Morgan fingerprint density at radius 3 is 1.91 bits per heavy atom. The quantitative estimate of drug-likeness (QED) is 0.369. The van der Waals surface area contributed by atoms with Crippen LogP contribution in [0.3, 0.4) is 0 Å². The monoisotopic (exact) mass is 336 g/mol. The summed E-state index contributed by atoms with van der Waals surface area (Å²) in [5, 5.41) is 19.1. The van der Waals surface area contributed by atoms with Crippen molar-refractivity contribution in [2.45, 2.75) is 51.5 Å². The summed E-state index contributed by atoms with van der Waals surface area (Å²) in [4.78, 5) is 33.3. The molecule has 124 valence electrons. The van der Waals surface area contributed by atoms with Gasteiger partial charge in [0.25, 0.3) is 0 Å². The molecule has 22 heavy (non-hydrogen) atoms. The molecule has 2 N–H and O–H groups in total. The van der Waals surface area contributed by atoms with Crippen molar-refractivity contribution < 1.29 is 43.5 Å². The summed E-state index contributed by atoms with van der Waals surface area (Å²) >= 11 is 4.85. The lowest BCUT2D eigenvalue weighted by molar-refractivity contribution is -0.276. The first-order chi connectivity index (χ1) is 10.1. The number of rotatable bonds is 3. The maximum atomic E-state index is 11.2. The number of ether oxygens (including phenoxy) is 4. The van der Waals surface area contributed by atoms with Crippen molar-refractivity contribution in [1.82, 2.24) is 0 Å². The van der Waals surface area contributed by atoms with Crippen LogP contribution in [0.5, 0.6) is 0 Å². The molecule has 1 aliphatic rings. The molecule has 0 aliphatic carbocycles. The Balaban J connectivity index is 3.09. The number of hydrogen-bond donors (Lipinski definition) is 2. The molecule has 1 fully saturated rings. The van der Waals surface area contributed by atoms with Crippen molar-refractivity contribution in [3.05, 3.63) is 0 Å². The van der Waals surface area contributed by atoms with E-state index in [9.17, 15) is 24.6 Å². The molecule has 1 aliphatic heterocycles. The average Bonchev–Trinajstić information content (AvgIpc) is 2.36. The largest absolute Gasteiger partial charge is 0.455 e. The van der Waals surface area contributed by atoms with Gasteiger partial charge >= 0.3 is 17.9 Å². The summed E-state index contributed by atoms with van der Waals surface area (Å²) in [5.74, 6) is -2.31. The van der Waals surface area contributed by atoms with Crippen LogP contribution in [0.2, 0.25) is 0 Å². The zero-order valence-electron chi connectivity index (χ0n) is 12.0. The van der Waals surface area contributed by atoms with Gasteiger partial charge in [-0.05, 0) is 12.2 Å². The average molecular weight is 336 g/mol. The summed E-state index contributed by atoms with van der Waals surface area (Å²) < 4.78 is 19.5. The van der Waals surface area contributed by atoms with Gasteiger partial charge in [0.2, 0.25) is 5.05 Å². The molecule has 10 heteroatoms. The van der Waals surface area contributed by atoms with Crippen LogP contribution in [0.1, 0.15) is 20.8 Å². The third-order valence-electron chi connectivity index (χ3n) is 2.62. The first-order valence-electron chi connectivity index (χ1n) is 6.21. The second-order valence-corrected chi connectivity index (χ2v) is 4.90. The van der Waals surface area contributed by atoms with Gasteiger partial charge < -0.3 is 29.2 Å². The van der Waals surface area contributed by atoms with Crippen LogP contribution in [0, 0.1) is 0 Å². The number of carbonyl (C=O) groups excluding carboxylic acids is 3. The lowest BCUT2D eigenvalue weighted by Crippen LogP contribution is -2.62. The molecule has 0 saturated carbocycles. The molecule has 0 bridgehead atoms. The van der Waals surface area contributed by atoms with Crippen LogP contribution >= 0.6 is 12.2 Å². The van der Waals surface area contributed by atoms with Gasteiger partial charge in [0.05, 0.1) is 0 Å². The van der Waals surface area contributed by atoms with Gasteiger partial charge in [-0.3, -0.25) is 14.4 Å². The maximum Gasteiger partial charge on any atom is 0.308 e. The van der Waals surface area contributed by atoms with Crippen molar-refractivity contribution in [3.63, 3.8) is 0 Å². The fourth-order valence-corrected chi connectivity index (χ4v) is 2.18. The van der Waals surface area contributed by atoms with Crippen molar-refractivity contribution in [1.29, 1.82) is 0 Å². The van der Waals surface area contributed by atoms with Crippen LogP contribution in [-0.2, 0) is 33.3 Å². The minimum absolute atomic E-state index is 0.429. The SMILES string of the molecule is CC(=O)OC(=S)[C@H]1O[C@@H](O)[C@H](O)[C@@H](OC(C)=O)[C@@H]1OC(C)=O. The van der Waals surface area contributed by atoms with Crippen molar-refractivity contribution in [2.24, 2.45) is 0 Å². The Morgan fingerprint density at radius 1 is 0.955 bits per heavy atom. The van der Waals surface area contributed by atoms with Gasteiger partial charge in [-0.25, -0.2) is 0 Å². The number of aliphatic hydroxyl groups excluding tert-OH is 2. The summed E-state index contributed by atoms with van der Waals surface area (Å²) in [6, 6.07) is 0. The molecule has 1 heterocycles. The Morgan fingerprint density at radius 2 is 1.45 bits per heavy atom. The topological polar surface area (TPSA) is 129 Å². The molecular formula is C12H16O9S. The molecule has 1 rings (SSSR count). The Hall–Kier alpha value is -1.62. The maximum absolute atomic E-state index is 11.2. The van der Waals surface area contributed by atoms with E-state index in [-0.39, 0.29) is 0 Å². The minimum atomic E-state index is -1.78. The van der Waals surface area contributed by atoms with Gasteiger partial charge in [0.15, 0.2) is 24.6 Å². The fourth-order valence-electron chi connectivity index (χ4n) is 1.88. The number of aliphatic hydroxyl groups is 2. The highest BCUT2D eigenvalue weighted by atomic mass is 32.1. The molecule has 0 aromatic heterocycles. The molecule has 9 nitrogen and oxygen atoms in total. The third-order valence-corrected chi connectivity index (χ3v) is 2.93. The van der Waals surface area contributed by atoms with Crippen molar-refractivity contribution >= 4 is 35.2 Å². The van der Waals surface area contributed by atoms with Crippen molar-refractivity contribution in [2.75, 3.05) is 0 Å². The zero-order valence-corrected chi connectivity index (χ0v) is 12.9. The predicted molar refractivity (Wildman–Crippen MR) is 72.4 cm³/mol. The van der Waals surface area contributed by atoms with Gasteiger partial charge in [0.1, 0.15) is 6.10 Å². The zero-order chi connectivity index (χ0) is 17.0. The highest BCUT2D eigenvalue weighted by molar-refractivity contribution is 7.80. The fraction of sp³-hybridized carbons (Fsp3) is 0.667. The second kappa shape index (κ2) is 7.58. The van der Waals surface area contributed by atoms with Gasteiger partial charge in [-0.2, -0.15) is 0 Å². The molecule has 5 atom stereocenters. The summed E-state index contributed by atoms with van der Waals surface area (Å²) in [5.41, 5.74) is 0. The van der Waals surface area contributed by atoms with E-state index < -0.39 is 53.7 Å². The Labute approximate surface area is 131 Å². The van der Waals surface area contributed by atoms with Crippen LogP contribution in [-0.4, -0.2) is 63.9 Å². The predicted octanol–water partition coefficient (Wildman–Crippen LogP) is -1.18. The summed E-state index contributed by atoms with van der Waals surface area (Å²) in [6.07, 6.45) is -7.67. The number of thiocarbonyl (C=S) groups is 1. The van der Waals surface area contributed by atoms with Gasteiger partial charge in [-0.1, -0.05) is 0 Å². The van der Waals surface area contributed by atoms with E-state index in [1.807, 2.05) is 0 Å². The molecule has 0 radical (unpaired) electrons. The van der Waals surface area contributed by atoms with E-state index in [0.717, 1.165) is 20.8 Å².